The maximum absolute atomic E-state index is 5.33. The van der Waals surface area contributed by atoms with Gasteiger partial charge in [0, 0.05) is 25.1 Å². The second-order valence-electron chi connectivity index (χ2n) is 4.02. The molecule has 0 radical (unpaired) electrons. The molecule has 0 spiro atoms. The number of hydrogen-bond donors (Lipinski definition) is 1. The first-order valence-corrected chi connectivity index (χ1v) is 5.88. The first-order chi connectivity index (χ1) is 8.93. The van der Waals surface area contributed by atoms with Crippen molar-refractivity contribution in [1.82, 2.24) is 9.97 Å². The zero-order chi connectivity index (χ0) is 12.2. The van der Waals surface area contributed by atoms with Gasteiger partial charge in [0.2, 0.25) is 0 Å². The molecule has 0 fully saturated rings. The minimum atomic E-state index is 0.835. The SMILES string of the molecule is c1cc(CCNc2nccc3occc23)ccn1. The summed E-state index contributed by atoms with van der Waals surface area (Å²) in [5, 5.41) is 4.35. The monoisotopic (exact) mass is 239 g/mol. The normalized spacial score (nSPS) is 10.7. The van der Waals surface area contributed by atoms with Gasteiger partial charge in [-0.3, -0.25) is 4.98 Å². The van der Waals surface area contributed by atoms with Crippen molar-refractivity contribution in [1.29, 1.82) is 0 Å². The van der Waals surface area contributed by atoms with Crippen molar-refractivity contribution >= 4 is 16.8 Å². The molecule has 0 saturated carbocycles. The van der Waals surface area contributed by atoms with E-state index >= 15 is 0 Å². The van der Waals surface area contributed by atoms with Gasteiger partial charge >= 0.3 is 0 Å². The van der Waals surface area contributed by atoms with Crippen LogP contribution in [0.15, 0.2) is 53.5 Å². The van der Waals surface area contributed by atoms with E-state index in [9.17, 15) is 0 Å². The van der Waals surface area contributed by atoms with Crippen LogP contribution in [0.5, 0.6) is 0 Å². The van der Waals surface area contributed by atoms with Crippen LogP contribution in [0, 0.1) is 0 Å². The first-order valence-electron chi connectivity index (χ1n) is 5.88. The Bertz CT molecular complexity index is 634. The highest BCUT2D eigenvalue weighted by molar-refractivity contribution is 5.87. The standard InChI is InChI=1S/C14H13N3O/c1-6-15-7-2-11(1)3-8-16-14-12-5-10-18-13(12)4-9-17-14/h1-2,4-7,9-10H,3,8H2,(H,16,17). The van der Waals surface area contributed by atoms with Crippen LogP contribution in [0.3, 0.4) is 0 Å². The van der Waals surface area contributed by atoms with Gasteiger partial charge in [-0.2, -0.15) is 0 Å². The molecule has 18 heavy (non-hydrogen) atoms. The molecule has 1 N–H and O–H groups in total. The van der Waals surface area contributed by atoms with E-state index in [4.69, 9.17) is 4.42 Å². The van der Waals surface area contributed by atoms with Crippen molar-refractivity contribution in [2.75, 3.05) is 11.9 Å². The molecule has 90 valence electrons. The minimum absolute atomic E-state index is 0.835. The van der Waals surface area contributed by atoms with E-state index in [1.54, 1.807) is 12.5 Å². The van der Waals surface area contributed by atoms with E-state index < -0.39 is 0 Å². The van der Waals surface area contributed by atoms with Gasteiger partial charge in [-0.1, -0.05) is 0 Å². The topological polar surface area (TPSA) is 51.0 Å². The molecule has 0 bridgehead atoms. The molecule has 0 unspecified atom stereocenters. The number of hydrogen-bond acceptors (Lipinski definition) is 4. The maximum Gasteiger partial charge on any atom is 0.139 e. The summed E-state index contributed by atoms with van der Waals surface area (Å²) in [4.78, 5) is 8.33. The van der Waals surface area contributed by atoms with E-state index in [0.29, 0.717) is 0 Å². The largest absolute Gasteiger partial charge is 0.464 e. The fraction of sp³-hybridized carbons (Fsp3) is 0.143. The van der Waals surface area contributed by atoms with Crippen LogP contribution in [-0.4, -0.2) is 16.5 Å². The molecule has 3 heterocycles. The van der Waals surface area contributed by atoms with Gasteiger partial charge in [-0.25, -0.2) is 4.98 Å². The summed E-state index contributed by atoms with van der Waals surface area (Å²) in [5.41, 5.74) is 2.12. The van der Waals surface area contributed by atoms with Crippen molar-refractivity contribution in [2.24, 2.45) is 0 Å². The minimum Gasteiger partial charge on any atom is -0.464 e. The van der Waals surface area contributed by atoms with Gasteiger partial charge in [-0.05, 0) is 36.2 Å². The third kappa shape index (κ3) is 2.18. The molecular weight excluding hydrogens is 226 g/mol. The number of aromatic nitrogens is 2. The first kappa shape index (κ1) is 10.8. The Morgan fingerprint density at radius 1 is 1.06 bits per heavy atom. The summed E-state index contributed by atoms with van der Waals surface area (Å²) < 4.78 is 5.33. The fourth-order valence-electron chi connectivity index (χ4n) is 1.91. The Morgan fingerprint density at radius 3 is 2.83 bits per heavy atom. The summed E-state index contributed by atoms with van der Waals surface area (Å²) >= 11 is 0. The van der Waals surface area contributed by atoms with Crippen LogP contribution >= 0.6 is 0 Å². The summed E-state index contributed by atoms with van der Waals surface area (Å²) in [5.74, 6) is 0.871. The summed E-state index contributed by atoms with van der Waals surface area (Å²) in [7, 11) is 0. The lowest BCUT2D eigenvalue weighted by Crippen LogP contribution is -2.06. The number of pyridine rings is 2. The zero-order valence-corrected chi connectivity index (χ0v) is 9.84. The van der Waals surface area contributed by atoms with Gasteiger partial charge in [-0.15, -0.1) is 0 Å². The Morgan fingerprint density at radius 2 is 1.94 bits per heavy atom. The van der Waals surface area contributed by atoms with E-state index in [2.05, 4.69) is 15.3 Å². The van der Waals surface area contributed by atoms with Gasteiger partial charge in [0.15, 0.2) is 0 Å². The molecular formula is C14H13N3O. The number of nitrogens with zero attached hydrogens (tertiary/aromatic N) is 2. The number of nitrogens with one attached hydrogen (secondary N) is 1. The number of fused-ring (bicyclic) bond motifs is 1. The third-order valence-electron chi connectivity index (χ3n) is 2.84. The zero-order valence-electron chi connectivity index (χ0n) is 9.84. The molecule has 3 rings (SSSR count). The molecule has 3 aromatic rings. The highest BCUT2D eigenvalue weighted by Crippen LogP contribution is 2.21. The summed E-state index contributed by atoms with van der Waals surface area (Å²) in [6, 6.07) is 7.83. The van der Waals surface area contributed by atoms with Crippen LogP contribution in [0.4, 0.5) is 5.82 Å². The Hall–Kier alpha value is -2.36. The van der Waals surface area contributed by atoms with Crippen molar-refractivity contribution < 1.29 is 4.42 Å². The Balaban J connectivity index is 1.68. The number of furan rings is 1. The van der Waals surface area contributed by atoms with Crippen molar-refractivity contribution in [3.05, 3.63) is 54.7 Å². The second-order valence-corrected chi connectivity index (χ2v) is 4.02. The fourth-order valence-corrected chi connectivity index (χ4v) is 1.91. The lowest BCUT2D eigenvalue weighted by molar-refractivity contribution is 0.615. The average molecular weight is 239 g/mol. The summed E-state index contributed by atoms with van der Waals surface area (Å²) in [6.07, 6.45) is 7.99. The van der Waals surface area contributed by atoms with Crippen LogP contribution in [0.2, 0.25) is 0 Å². The van der Waals surface area contributed by atoms with Crippen LogP contribution in [-0.2, 0) is 6.42 Å². The number of anilines is 1. The summed E-state index contributed by atoms with van der Waals surface area (Å²) in [6.45, 7) is 0.835. The van der Waals surface area contributed by atoms with Crippen molar-refractivity contribution in [3.8, 4) is 0 Å². The Labute approximate surface area is 105 Å². The highest BCUT2D eigenvalue weighted by Gasteiger charge is 2.03. The van der Waals surface area contributed by atoms with Crippen molar-refractivity contribution in [2.45, 2.75) is 6.42 Å². The predicted molar refractivity (Wildman–Crippen MR) is 70.4 cm³/mol. The number of rotatable bonds is 4. The molecule has 0 amide bonds. The van der Waals surface area contributed by atoms with Crippen LogP contribution in [0.1, 0.15) is 5.56 Å². The quantitative estimate of drug-likeness (QED) is 0.760. The molecule has 0 atom stereocenters. The van der Waals surface area contributed by atoms with E-state index in [1.807, 2.05) is 36.7 Å². The van der Waals surface area contributed by atoms with Gasteiger partial charge in [0.1, 0.15) is 11.4 Å². The smallest absolute Gasteiger partial charge is 0.139 e. The average Bonchev–Trinajstić information content (AvgIpc) is 2.89. The molecule has 0 saturated heterocycles. The third-order valence-corrected chi connectivity index (χ3v) is 2.84. The van der Waals surface area contributed by atoms with E-state index in [0.717, 1.165) is 29.8 Å². The van der Waals surface area contributed by atoms with Crippen LogP contribution in [0.25, 0.3) is 11.0 Å². The van der Waals surface area contributed by atoms with Gasteiger partial charge < -0.3 is 9.73 Å². The molecule has 0 aliphatic rings. The highest BCUT2D eigenvalue weighted by atomic mass is 16.3. The lowest BCUT2D eigenvalue weighted by Gasteiger charge is -2.06. The molecule has 3 aromatic heterocycles. The molecule has 0 aliphatic heterocycles. The van der Waals surface area contributed by atoms with E-state index in [-0.39, 0.29) is 0 Å². The van der Waals surface area contributed by atoms with E-state index in [1.165, 1.54) is 5.56 Å². The molecule has 0 aliphatic carbocycles. The maximum atomic E-state index is 5.33. The van der Waals surface area contributed by atoms with Gasteiger partial charge in [0.25, 0.3) is 0 Å². The van der Waals surface area contributed by atoms with Crippen LogP contribution < -0.4 is 5.32 Å². The second kappa shape index (κ2) is 4.87. The van der Waals surface area contributed by atoms with Gasteiger partial charge in [0.05, 0.1) is 11.6 Å². The molecule has 4 heteroatoms. The molecule has 0 aromatic carbocycles. The predicted octanol–water partition coefficient (Wildman–Crippen LogP) is 2.88. The van der Waals surface area contributed by atoms with Crippen molar-refractivity contribution in [3.63, 3.8) is 0 Å². The Kier molecular flexibility index (Phi) is 2.92. The molecule has 4 nitrogen and oxygen atoms in total. The lowest BCUT2D eigenvalue weighted by atomic mass is 10.2.